The van der Waals surface area contributed by atoms with Crippen molar-refractivity contribution in [2.24, 2.45) is 0 Å². The van der Waals surface area contributed by atoms with Crippen LogP contribution in [0.15, 0.2) is 66.2 Å². The van der Waals surface area contributed by atoms with Crippen LogP contribution in [0.3, 0.4) is 0 Å². The van der Waals surface area contributed by atoms with Gasteiger partial charge in [0, 0.05) is 36.3 Å². The van der Waals surface area contributed by atoms with Gasteiger partial charge in [-0.1, -0.05) is 54.1 Å². The third-order valence-corrected chi connectivity index (χ3v) is 9.07. The van der Waals surface area contributed by atoms with Gasteiger partial charge in [-0.25, -0.2) is 13.6 Å². The Balaban J connectivity index is 1.25. The molecular weight excluding hydrogens is 607 g/mol. The minimum absolute atomic E-state index is 0.00728. The second-order valence-corrected chi connectivity index (χ2v) is 12.1. The monoisotopic (exact) mass is 639 g/mol. The van der Waals surface area contributed by atoms with Crippen LogP contribution >= 0.6 is 11.6 Å². The van der Waals surface area contributed by atoms with Gasteiger partial charge in [0.25, 0.3) is 5.91 Å². The maximum atomic E-state index is 14.5. The molecule has 2 N–H and O–H groups in total. The van der Waals surface area contributed by atoms with Crippen LogP contribution < -0.4 is 10.1 Å². The average Bonchev–Trinajstić information content (AvgIpc) is 3.87. The molecule has 3 aliphatic rings. The molecule has 0 spiro atoms. The number of nitrogens with zero attached hydrogens (tertiary/aromatic N) is 2. The number of carbonyl (C=O) groups excluding carboxylic acids is 1. The van der Waals surface area contributed by atoms with Gasteiger partial charge < -0.3 is 20.1 Å². The molecule has 2 atom stereocenters. The lowest BCUT2D eigenvalue weighted by atomic mass is 9.81. The number of carboxylic acid groups (broad SMARTS) is 1. The highest BCUT2D eigenvalue weighted by Gasteiger charge is 2.46. The molecule has 2 amide bonds. The van der Waals surface area contributed by atoms with Crippen LogP contribution in [0.2, 0.25) is 5.02 Å². The lowest BCUT2D eigenvalue weighted by molar-refractivity contribution is -0.129. The fourth-order valence-electron chi connectivity index (χ4n) is 6.31. The van der Waals surface area contributed by atoms with Crippen LogP contribution in [-0.2, 0) is 17.8 Å². The van der Waals surface area contributed by atoms with Gasteiger partial charge in [-0.3, -0.25) is 9.69 Å². The Bertz CT molecular complexity index is 1630. The summed E-state index contributed by atoms with van der Waals surface area (Å²) in [5.74, 6) is -4.38. The number of nitrogens with one attached hydrogen (secondary N) is 1. The van der Waals surface area contributed by atoms with E-state index < -0.39 is 35.3 Å². The van der Waals surface area contributed by atoms with E-state index in [1.54, 1.807) is 6.07 Å². The van der Waals surface area contributed by atoms with E-state index in [1.807, 2.05) is 47.4 Å². The molecule has 11 heteroatoms. The zero-order valence-electron chi connectivity index (χ0n) is 24.4. The quantitative estimate of drug-likeness (QED) is 0.197. The van der Waals surface area contributed by atoms with Crippen molar-refractivity contribution in [3.05, 3.63) is 105 Å². The number of hydrogen-bond donors (Lipinski definition) is 2. The number of halogens is 4. The van der Waals surface area contributed by atoms with E-state index in [9.17, 15) is 27.9 Å². The van der Waals surface area contributed by atoms with Gasteiger partial charge in [0.1, 0.15) is 0 Å². The third kappa shape index (κ3) is 6.53. The molecule has 3 aromatic carbocycles. The summed E-state index contributed by atoms with van der Waals surface area (Å²) in [7, 11) is 0. The van der Waals surface area contributed by atoms with Crippen molar-refractivity contribution in [1.29, 1.82) is 0 Å². The third-order valence-electron chi connectivity index (χ3n) is 8.70. The molecule has 1 saturated heterocycles. The molecular formula is C34H33ClF3N3O4. The molecule has 2 aliphatic heterocycles. The highest BCUT2D eigenvalue weighted by molar-refractivity contribution is 6.31. The summed E-state index contributed by atoms with van der Waals surface area (Å²) in [6.07, 6.45) is 2.07. The smallest absolute Gasteiger partial charge is 0.408 e. The first-order valence-corrected chi connectivity index (χ1v) is 15.5. The fourth-order valence-corrected chi connectivity index (χ4v) is 6.51. The largest absolute Gasteiger partial charge is 0.488 e. The van der Waals surface area contributed by atoms with Crippen molar-refractivity contribution >= 4 is 29.2 Å². The van der Waals surface area contributed by atoms with E-state index in [0.717, 1.165) is 41.2 Å². The molecule has 0 aromatic heterocycles. The SMILES string of the molecule is O=C(C1=C(c2ccc(CCCOc3c(F)ccc(F)c3F)cc2)CC2CNCC1N2C(=O)O)N(Cc1ccccc1Cl)C1CC1. The van der Waals surface area contributed by atoms with Crippen molar-refractivity contribution in [3.63, 3.8) is 0 Å². The maximum Gasteiger partial charge on any atom is 0.408 e. The zero-order chi connectivity index (χ0) is 31.7. The zero-order valence-corrected chi connectivity index (χ0v) is 25.2. The first kappa shape index (κ1) is 31.0. The minimum atomic E-state index is -1.35. The summed E-state index contributed by atoms with van der Waals surface area (Å²) in [6.45, 7) is 1.15. The first-order valence-electron chi connectivity index (χ1n) is 15.1. The second-order valence-electron chi connectivity index (χ2n) is 11.7. The lowest BCUT2D eigenvalue weighted by Gasteiger charge is -2.47. The van der Waals surface area contributed by atoms with Gasteiger partial charge in [-0.2, -0.15) is 4.39 Å². The number of fused-ring (bicyclic) bond motifs is 2. The summed E-state index contributed by atoms with van der Waals surface area (Å²) in [5.41, 5.74) is 3.95. The van der Waals surface area contributed by atoms with Crippen LogP contribution in [-0.4, -0.2) is 64.7 Å². The second kappa shape index (κ2) is 13.1. The Morgan fingerprint density at radius 2 is 1.73 bits per heavy atom. The van der Waals surface area contributed by atoms with Gasteiger partial charge in [-0.15, -0.1) is 0 Å². The normalized spacial score (nSPS) is 19.4. The molecule has 0 radical (unpaired) electrons. The van der Waals surface area contributed by atoms with E-state index in [-0.39, 0.29) is 24.6 Å². The van der Waals surface area contributed by atoms with Crippen LogP contribution in [0.1, 0.15) is 42.4 Å². The van der Waals surface area contributed by atoms with Gasteiger partial charge in [0.15, 0.2) is 17.4 Å². The molecule has 2 fully saturated rings. The van der Waals surface area contributed by atoms with Crippen molar-refractivity contribution in [2.45, 2.75) is 56.8 Å². The van der Waals surface area contributed by atoms with Crippen molar-refractivity contribution in [3.8, 4) is 5.75 Å². The molecule has 6 rings (SSSR count). The molecule has 236 valence electrons. The number of carbonyl (C=O) groups is 2. The Morgan fingerprint density at radius 3 is 2.44 bits per heavy atom. The maximum absolute atomic E-state index is 14.5. The van der Waals surface area contributed by atoms with Gasteiger partial charge in [0.05, 0.1) is 18.7 Å². The van der Waals surface area contributed by atoms with Gasteiger partial charge in [-0.05, 0) is 72.6 Å². The first-order chi connectivity index (χ1) is 21.7. The summed E-state index contributed by atoms with van der Waals surface area (Å²) in [6, 6.07) is 15.8. The molecule has 2 bridgehead atoms. The van der Waals surface area contributed by atoms with Crippen molar-refractivity contribution < 1.29 is 32.6 Å². The van der Waals surface area contributed by atoms with E-state index >= 15 is 0 Å². The number of amides is 2. The Morgan fingerprint density at radius 1 is 1.00 bits per heavy atom. The number of rotatable bonds is 10. The Hall–Kier alpha value is -4.02. The van der Waals surface area contributed by atoms with Gasteiger partial charge >= 0.3 is 6.09 Å². The molecule has 45 heavy (non-hydrogen) atoms. The van der Waals surface area contributed by atoms with E-state index in [0.29, 0.717) is 55.6 Å². The average molecular weight is 640 g/mol. The predicted molar refractivity (Wildman–Crippen MR) is 163 cm³/mol. The molecule has 1 aliphatic carbocycles. The highest BCUT2D eigenvalue weighted by atomic mass is 35.5. The van der Waals surface area contributed by atoms with E-state index in [1.165, 1.54) is 4.90 Å². The van der Waals surface area contributed by atoms with Crippen LogP contribution in [0.4, 0.5) is 18.0 Å². The van der Waals surface area contributed by atoms with Crippen LogP contribution in [0.5, 0.6) is 5.75 Å². The van der Waals surface area contributed by atoms with E-state index in [4.69, 9.17) is 16.3 Å². The van der Waals surface area contributed by atoms with Crippen molar-refractivity contribution in [2.75, 3.05) is 19.7 Å². The fraction of sp³-hybridized carbons (Fsp3) is 0.353. The highest BCUT2D eigenvalue weighted by Crippen LogP contribution is 2.40. The molecule has 7 nitrogen and oxygen atoms in total. The summed E-state index contributed by atoms with van der Waals surface area (Å²) in [5, 5.41) is 14.0. The Labute approximate surface area is 264 Å². The summed E-state index contributed by atoms with van der Waals surface area (Å²) < 4.78 is 46.4. The number of hydrogen-bond acceptors (Lipinski definition) is 4. The standard InChI is InChI=1S/C34H33ClF3N3O4/c35-26-6-2-1-5-22(26)19-40(23-11-12-23)33(42)30-25(16-24-17-39-18-29(30)41(24)34(43)44)21-9-7-20(8-10-21)4-3-15-45-32-28(37)14-13-27(36)31(32)38/h1-2,5-10,13-14,23-24,29,39H,3-4,11-12,15-19H2,(H,43,44). The van der Waals surface area contributed by atoms with Crippen LogP contribution in [0.25, 0.3) is 5.57 Å². The number of piperazine rings is 1. The van der Waals surface area contributed by atoms with Crippen LogP contribution in [0, 0.1) is 17.5 Å². The molecule has 1 saturated carbocycles. The number of benzene rings is 3. The lowest BCUT2D eigenvalue weighted by Crippen LogP contribution is -2.63. The minimum Gasteiger partial charge on any atom is -0.488 e. The topological polar surface area (TPSA) is 82.1 Å². The Kier molecular flexibility index (Phi) is 9.05. The van der Waals surface area contributed by atoms with E-state index in [2.05, 4.69) is 5.32 Å². The summed E-state index contributed by atoms with van der Waals surface area (Å²) in [4.78, 5) is 30.1. The molecule has 3 aromatic rings. The predicted octanol–water partition coefficient (Wildman–Crippen LogP) is 6.44. The van der Waals surface area contributed by atoms with Crippen molar-refractivity contribution in [1.82, 2.24) is 15.1 Å². The molecule has 2 unspecified atom stereocenters. The molecule has 2 heterocycles. The number of ether oxygens (including phenoxy) is 1. The summed E-state index contributed by atoms with van der Waals surface area (Å²) >= 11 is 6.47. The van der Waals surface area contributed by atoms with Gasteiger partial charge in [0.2, 0.25) is 5.82 Å². The number of aryl methyl sites for hydroxylation is 1.